The number of aromatic nitrogens is 5. The molecule has 0 spiro atoms. The van der Waals surface area contributed by atoms with Crippen LogP contribution in [-0.2, 0) is 0 Å². The number of H-pyrrole nitrogens is 2. The van der Waals surface area contributed by atoms with Gasteiger partial charge in [-0.25, -0.2) is 0 Å². The van der Waals surface area contributed by atoms with Crippen LogP contribution in [0.1, 0.15) is 0 Å². The Balaban J connectivity index is 2.20. The summed E-state index contributed by atoms with van der Waals surface area (Å²) >= 11 is 5.83. The average Bonchev–Trinajstić information content (AvgIpc) is 2.99. The zero-order valence-electron chi connectivity index (χ0n) is 9.09. The van der Waals surface area contributed by atoms with Gasteiger partial charge >= 0.3 is 0 Å². The molecule has 6 nitrogen and oxygen atoms in total. The van der Waals surface area contributed by atoms with Gasteiger partial charge in [-0.05, 0) is 17.7 Å². The molecule has 3 rings (SSSR count). The molecule has 2 aromatic heterocycles. The van der Waals surface area contributed by atoms with Gasteiger partial charge in [-0.2, -0.15) is 0 Å². The van der Waals surface area contributed by atoms with Crippen LogP contribution < -0.4 is 5.56 Å². The highest BCUT2D eigenvalue weighted by atomic mass is 35.5. The fourth-order valence-corrected chi connectivity index (χ4v) is 1.87. The molecule has 0 unspecified atom stereocenters. The van der Waals surface area contributed by atoms with Gasteiger partial charge in [0, 0.05) is 5.02 Å². The van der Waals surface area contributed by atoms with E-state index in [2.05, 4.69) is 20.4 Å². The van der Waals surface area contributed by atoms with Gasteiger partial charge in [0.2, 0.25) is 0 Å². The summed E-state index contributed by atoms with van der Waals surface area (Å²) in [5.41, 5.74) is 1.08. The van der Waals surface area contributed by atoms with Crippen molar-refractivity contribution in [2.45, 2.75) is 0 Å². The molecule has 0 fully saturated rings. The highest BCUT2D eigenvalue weighted by Crippen LogP contribution is 2.22. The molecular weight excluding hydrogens is 254 g/mol. The molecule has 0 saturated carbocycles. The van der Waals surface area contributed by atoms with Gasteiger partial charge in [-0.3, -0.25) is 19.6 Å². The lowest BCUT2D eigenvalue weighted by molar-refractivity contribution is 0.948. The van der Waals surface area contributed by atoms with Crippen molar-refractivity contribution in [2.75, 3.05) is 0 Å². The summed E-state index contributed by atoms with van der Waals surface area (Å²) in [4.78, 5) is 11.8. The molecular formula is C11H8ClN5O. The second-order valence-corrected chi connectivity index (χ2v) is 4.12. The summed E-state index contributed by atoms with van der Waals surface area (Å²) in [5.74, 6) is 0.590. The van der Waals surface area contributed by atoms with E-state index in [9.17, 15) is 4.79 Å². The van der Waals surface area contributed by atoms with Gasteiger partial charge in [-0.1, -0.05) is 23.7 Å². The van der Waals surface area contributed by atoms with Gasteiger partial charge in [0.1, 0.15) is 18.5 Å². The van der Waals surface area contributed by atoms with Crippen LogP contribution in [0.15, 0.2) is 41.7 Å². The Hall–Kier alpha value is -2.34. The lowest BCUT2D eigenvalue weighted by Gasteiger charge is -2.02. The van der Waals surface area contributed by atoms with Crippen LogP contribution in [0.5, 0.6) is 0 Å². The molecule has 0 aliphatic rings. The van der Waals surface area contributed by atoms with Crippen LogP contribution in [0.4, 0.5) is 0 Å². The van der Waals surface area contributed by atoms with Crippen LogP contribution in [0.3, 0.4) is 0 Å². The van der Waals surface area contributed by atoms with Crippen molar-refractivity contribution in [3.63, 3.8) is 0 Å². The first-order valence-electron chi connectivity index (χ1n) is 5.17. The third kappa shape index (κ3) is 1.72. The van der Waals surface area contributed by atoms with E-state index in [1.165, 1.54) is 12.7 Å². The van der Waals surface area contributed by atoms with E-state index in [0.717, 1.165) is 5.56 Å². The summed E-state index contributed by atoms with van der Waals surface area (Å²) in [6.07, 6.45) is 3.02. The molecule has 2 N–H and O–H groups in total. The number of rotatable bonds is 2. The quantitative estimate of drug-likeness (QED) is 0.735. The van der Waals surface area contributed by atoms with Crippen molar-refractivity contribution in [3.8, 4) is 16.9 Å². The highest BCUT2D eigenvalue weighted by Gasteiger charge is 2.13. The predicted octanol–water partition coefficient (Wildman–Crippen LogP) is 1.60. The molecule has 0 amide bonds. The Bertz CT molecular complexity index is 711. The number of nitrogens with zero attached hydrogens (tertiary/aromatic N) is 3. The first-order valence-corrected chi connectivity index (χ1v) is 5.55. The van der Waals surface area contributed by atoms with E-state index in [-0.39, 0.29) is 5.56 Å². The first-order chi connectivity index (χ1) is 8.75. The van der Waals surface area contributed by atoms with E-state index < -0.39 is 0 Å². The number of nitrogens with one attached hydrogen (secondary N) is 2. The molecule has 18 heavy (non-hydrogen) atoms. The Kier molecular flexibility index (Phi) is 2.49. The van der Waals surface area contributed by atoms with Crippen molar-refractivity contribution in [3.05, 3.63) is 52.3 Å². The highest BCUT2D eigenvalue weighted by molar-refractivity contribution is 6.30. The molecule has 0 bridgehead atoms. The maximum Gasteiger partial charge on any atom is 0.274 e. The monoisotopic (exact) mass is 261 g/mol. The summed E-state index contributed by atoms with van der Waals surface area (Å²) in [5, 5.41) is 13.4. The predicted molar refractivity (Wildman–Crippen MR) is 66.8 cm³/mol. The third-order valence-corrected chi connectivity index (χ3v) is 2.82. The molecule has 1 aromatic carbocycles. The maximum absolute atomic E-state index is 11.8. The summed E-state index contributed by atoms with van der Waals surface area (Å²) in [6, 6.07) is 7.04. The minimum Gasteiger partial charge on any atom is -0.282 e. The van der Waals surface area contributed by atoms with E-state index in [1.54, 1.807) is 28.8 Å². The van der Waals surface area contributed by atoms with Gasteiger partial charge in [-0.15, -0.1) is 10.2 Å². The zero-order chi connectivity index (χ0) is 12.5. The van der Waals surface area contributed by atoms with Gasteiger partial charge in [0.15, 0.2) is 0 Å². The van der Waals surface area contributed by atoms with Crippen LogP contribution in [0.25, 0.3) is 16.9 Å². The molecule has 3 aromatic rings. The van der Waals surface area contributed by atoms with Crippen molar-refractivity contribution in [1.82, 2.24) is 25.0 Å². The number of benzene rings is 1. The Morgan fingerprint density at radius 1 is 1.06 bits per heavy atom. The molecule has 0 atom stereocenters. The van der Waals surface area contributed by atoms with E-state index in [0.29, 0.717) is 16.4 Å². The summed E-state index contributed by atoms with van der Waals surface area (Å²) < 4.78 is 1.63. The molecule has 0 saturated heterocycles. The zero-order valence-corrected chi connectivity index (χ0v) is 9.85. The van der Waals surface area contributed by atoms with E-state index >= 15 is 0 Å². The third-order valence-electron chi connectivity index (χ3n) is 2.57. The van der Waals surface area contributed by atoms with Crippen molar-refractivity contribution >= 4 is 11.6 Å². The van der Waals surface area contributed by atoms with Crippen LogP contribution >= 0.6 is 11.6 Å². The maximum atomic E-state index is 11.8. The normalized spacial score (nSPS) is 10.7. The summed E-state index contributed by atoms with van der Waals surface area (Å²) in [7, 11) is 0. The SMILES string of the molecule is O=c1[nH][nH]c(-n2cnnc2)c1-c1ccc(Cl)cc1. The molecule has 2 heterocycles. The largest absolute Gasteiger partial charge is 0.282 e. The second kappa shape index (κ2) is 4.15. The van der Waals surface area contributed by atoms with Gasteiger partial charge in [0.25, 0.3) is 5.56 Å². The Morgan fingerprint density at radius 3 is 2.39 bits per heavy atom. The fourth-order valence-electron chi connectivity index (χ4n) is 1.74. The molecule has 0 radical (unpaired) electrons. The molecule has 0 aliphatic heterocycles. The molecule has 7 heteroatoms. The van der Waals surface area contributed by atoms with Crippen molar-refractivity contribution in [1.29, 1.82) is 0 Å². The number of halogens is 1. The smallest absolute Gasteiger partial charge is 0.274 e. The standard InChI is InChI=1S/C11H8ClN5O/c12-8-3-1-7(2-4-8)9-10(15-16-11(9)18)17-5-13-14-6-17/h1-6H,(H2,15,16,18). The Labute approximate surface area is 106 Å². The average molecular weight is 262 g/mol. The lowest BCUT2D eigenvalue weighted by Crippen LogP contribution is -2.03. The van der Waals surface area contributed by atoms with Gasteiger partial charge in [0.05, 0.1) is 5.56 Å². The van der Waals surface area contributed by atoms with E-state index in [1.807, 2.05) is 0 Å². The minimum atomic E-state index is -0.207. The number of hydrogen-bond acceptors (Lipinski definition) is 3. The summed E-state index contributed by atoms with van der Waals surface area (Å²) in [6.45, 7) is 0. The van der Waals surface area contributed by atoms with Crippen LogP contribution in [0, 0.1) is 0 Å². The topological polar surface area (TPSA) is 79.4 Å². The Morgan fingerprint density at radius 2 is 1.72 bits per heavy atom. The lowest BCUT2D eigenvalue weighted by atomic mass is 10.1. The number of hydrogen-bond donors (Lipinski definition) is 2. The van der Waals surface area contributed by atoms with E-state index in [4.69, 9.17) is 11.6 Å². The molecule has 0 aliphatic carbocycles. The van der Waals surface area contributed by atoms with Gasteiger partial charge < -0.3 is 0 Å². The first kappa shape index (κ1) is 10.8. The van der Waals surface area contributed by atoms with Crippen LogP contribution in [0.2, 0.25) is 5.02 Å². The second-order valence-electron chi connectivity index (χ2n) is 3.68. The van der Waals surface area contributed by atoms with Crippen LogP contribution in [-0.4, -0.2) is 25.0 Å². The number of aromatic amines is 2. The van der Waals surface area contributed by atoms with Crippen molar-refractivity contribution < 1.29 is 0 Å². The fraction of sp³-hybridized carbons (Fsp3) is 0. The van der Waals surface area contributed by atoms with Crippen molar-refractivity contribution in [2.24, 2.45) is 0 Å². The minimum absolute atomic E-state index is 0.207. The molecule has 90 valence electrons.